The summed E-state index contributed by atoms with van der Waals surface area (Å²) >= 11 is 0. The Balaban J connectivity index is 1.36. The molecule has 4 aliphatic rings. The zero-order chi connectivity index (χ0) is 16.7. The van der Waals surface area contributed by atoms with E-state index in [0.717, 1.165) is 31.7 Å². The number of likely N-dealkylation sites (tertiary alicyclic amines) is 2. The zero-order valence-corrected chi connectivity index (χ0v) is 15.6. The quantitative estimate of drug-likeness (QED) is 0.619. The first-order chi connectivity index (χ1) is 11.6. The molecule has 0 bridgehead atoms. The van der Waals surface area contributed by atoms with Gasteiger partial charge >= 0.3 is 0 Å². The van der Waals surface area contributed by atoms with Crippen molar-refractivity contribution in [1.82, 2.24) is 15.1 Å². The summed E-state index contributed by atoms with van der Waals surface area (Å²) in [6.45, 7) is 10.5. The van der Waals surface area contributed by atoms with E-state index in [1.165, 1.54) is 45.2 Å². The zero-order valence-electron chi connectivity index (χ0n) is 15.6. The molecular weight excluding hydrogens is 300 g/mol. The monoisotopic (exact) mass is 334 g/mol. The Bertz CT molecular complexity index is 486. The molecule has 0 aromatic heterocycles. The van der Waals surface area contributed by atoms with Crippen LogP contribution in [-0.2, 0) is 4.74 Å². The van der Waals surface area contributed by atoms with Crippen molar-refractivity contribution >= 4 is 5.96 Å². The van der Waals surface area contributed by atoms with Crippen LogP contribution < -0.4 is 5.32 Å². The van der Waals surface area contributed by atoms with Gasteiger partial charge in [0.25, 0.3) is 0 Å². The smallest absolute Gasteiger partial charge is 0.193 e. The molecule has 4 rings (SSSR count). The number of nitrogens with one attached hydrogen (secondary N) is 1. The first-order valence-electron chi connectivity index (χ1n) is 9.95. The van der Waals surface area contributed by atoms with Gasteiger partial charge in [0.15, 0.2) is 5.96 Å². The fourth-order valence-electron chi connectivity index (χ4n) is 5.57. The molecule has 0 radical (unpaired) electrons. The van der Waals surface area contributed by atoms with E-state index in [-0.39, 0.29) is 5.41 Å². The Labute approximate surface area is 146 Å². The van der Waals surface area contributed by atoms with Crippen LogP contribution in [0.2, 0.25) is 0 Å². The largest absolute Gasteiger partial charge is 0.377 e. The molecule has 4 unspecified atom stereocenters. The van der Waals surface area contributed by atoms with Gasteiger partial charge in [0.05, 0.1) is 6.10 Å². The molecule has 0 amide bonds. The number of piperidine rings is 1. The van der Waals surface area contributed by atoms with E-state index in [4.69, 9.17) is 4.74 Å². The summed E-state index contributed by atoms with van der Waals surface area (Å²) in [5.74, 6) is 1.77. The maximum atomic E-state index is 5.93. The number of aliphatic imine (C=N–C) groups is 1. The Kier molecular flexibility index (Phi) is 4.50. The second kappa shape index (κ2) is 6.49. The second-order valence-corrected chi connectivity index (χ2v) is 8.72. The van der Waals surface area contributed by atoms with Crippen molar-refractivity contribution in [2.24, 2.45) is 16.3 Å². The normalized spacial score (nSPS) is 39.6. The van der Waals surface area contributed by atoms with Gasteiger partial charge in [-0.1, -0.05) is 20.3 Å². The molecule has 4 atom stereocenters. The van der Waals surface area contributed by atoms with Crippen molar-refractivity contribution in [2.75, 3.05) is 39.8 Å². The van der Waals surface area contributed by atoms with E-state index in [9.17, 15) is 0 Å². The molecule has 136 valence electrons. The van der Waals surface area contributed by atoms with E-state index in [1.807, 2.05) is 7.05 Å². The van der Waals surface area contributed by atoms with E-state index in [1.54, 1.807) is 0 Å². The van der Waals surface area contributed by atoms with E-state index in [0.29, 0.717) is 18.1 Å². The molecule has 0 aromatic rings. The van der Waals surface area contributed by atoms with Crippen LogP contribution in [0.3, 0.4) is 0 Å². The highest BCUT2D eigenvalue weighted by atomic mass is 16.5. The molecule has 4 fully saturated rings. The third-order valence-electron chi connectivity index (χ3n) is 6.97. The summed E-state index contributed by atoms with van der Waals surface area (Å²) in [5.41, 5.74) is 0.211. The van der Waals surface area contributed by atoms with Gasteiger partial charge in [0.2, 0.25) is 0 Å². The predicted octanol–water partition coefficient (Wildman–Crippen LogP) is 1.94. The predicted molar refractivity (Wildman–Crippen MR) is 97.3 cm³/mol. The van der Waals surface area contributed by atoms with E-state index < -0.39 is 0 Å². The van der Waals surface area contributed by atoms with Crippen LogP contribution >= 0.6 is 0 Å². The molecule has 5 heteroatoms. The van der Waals surface area contributed by atoms with Crippen molar-refractivity contribution < 1.29 is 4.74 Å². The lowest BCUT2D eigenvalue weighted by Gasteiger charge is -2.55. The number of fused-ring (bicyclic) bond motifs is 1. The first kappa shape index (κ1) is 16.6. The lowest BCUT2D eigenvalue weighted by molar-refractivity contribution is -0.107. The summed E-state index contributed by atoms with van der Waals surface area (Å²) in [7, 11) is 1.94. The molecule has 1 N–H and O–H groups in total. The Hall–Kier alpha value is -0.810. The Morgan fingerprint density at radius 2 is 1.92 bits per heavy atom. The molecular formula is C19H34N4O. The standard InChI is InChI=1S/C19H34N4O/c1-19(2)16(15-8-12-24-17(15)19)21-18(20-3)23-11-7-14(13-23)22-9-5-4-6-10-22/h14-17H,4-13H2,1-3H3,(H,20,21). The number of hydrogen-bond donors (Lipinski definition) is 1. The SMILES string of the molecule is CN=C(NC1C2CCOC2C1(C)C)N1CCC(N2CCCCC2)C1. The van der Waals surface area contributed by atoms with Gasteiger partial charge in [-0.25, -0.2) is 0 Å². The Morgan fingerprint density at radius 1 is 1.12 bits per heavy atom. The number of hydrogen-bond acceptors (Lipinski definition) is 3. The highest BCUT2D eigenvalue weighted by Gasteiger charge is 2.59. The minimum atomic E-state index is 0.211. The average molecular weight is 335 g/mol. The fourth-order valence-corrected chi connectivity index (χ4v) is 5.57. The fraction of sp³-hybridized carbons (Fsp3) is 0.947. The third kappa shape index (κ3) is 2.74. The lowest BCUT2D eigenvalue weighted by Crippen LogP contribution is -2.68. The molecule has 0 aromatic carbocycles. The van der Waals surface area contributed by atoms with Crippen LogP contribution in [0.15, 0.2) is 4.99 Å². The molecule has 3 aliphatic heterocycles. The van der Waals surface area contributed by atoms with Crippen LogP contribution in [-0.4, -0.2) is 73.8 Å². The van der Waals surface area contributed by atoms with E-state index >= 15 is 0 Å². The molecule has 3 heterocycles. The van der Waals surface area contributed by atoms with Crippen LogP contribution in [0.25, 0.3) is 0 Å². The summed E-state index contributed by atoms with van der Waals surface area (Å²) in [4.78, 5) is 9.82. The molecule has 3 saturated heterocycles. The summed E-state index contributed by atoms with van der Waals surface area (Å²) in [6, 6.07) is 1.22. The molecule has 1 saturated carbocycles. The Morgan fingerprint density at radius 3 is 2.67 bits per heavy atom. The van der Waals surface area contributed by atoms with Crippen molar-refractivity contribution in [3.05, 3.63) is 0 Å². The number of nitrogens with zero attached hydrogens (tertiary/aromatic N) is 3. The lowest BCUT2D eigenvalue weighted by atomic mass is 9.57. The van der Waals surface area contributed by atoms with Crippen molar-refractivity contribution in [3.8, 4) is 0 Å². The minimum Gasteiger partial charge on any atom is -0.377 e. The van der Waals surface area contributed by atoms with Gasteiger partial charge in [-0.15, -0.1) is 0 Å². The van der Waals surface area contributed by atoms with Crippen LogP contribution in [0, 0.1) is 11.3 Å². The molecule has 5 nitrogen and oxygen atoms in total. The summed E-state index contributed by atoms with van der Waals surface area (Å²) < 4.78 is 5.93. The van der Waals surface area contributed by atoms with Gasteiger partial charge in [-0.05, 0) is 38.8 Å². The molecule has 1 aliphatic carbocycles. The molecule has 24 heavy (non-hydrogen) atoms. The topological polar surface area (TPSA) is 40.1 Å². The summed E-state index contributed by atoms with van der Waals surface area (Å²) in [6.07, 6.45) is 7.08. The highest BCUT2D eigenvalue weighted by Crippen LogP contribution is 2.52. The maximum absolute atomic E-state index is 5.93. The average Bonchev–Trinajstić information content (AvgIpc) is 3.25. The van der Waals surface area contributed by atoms with Crippen molar-refractivity contribution in [2.45, 2.75) is 64.1 Å². The van der Waals surface area contributed by atoms with Gasteiger partial charge in [-0.2, -0.15) is 0 Å². The van der Waals surface area contributed by atoms with Crippen LogP contribution in [0.4, 0.5) is 0 Å². The minimum absolute atomic E-state index is 0.211. The van der Waals surface area contributed by atoms with Gasteiger partial charge in [0.1, 0.15) is 0 Å². The van der Waals surface area contributed by atoms with Crippen LogP contribution in [0.5, 0.6) is 0 Å². The highest BCUT2D eigenvalue weighted by molar-refractivity contribution is 5.81. The van der Waals surface area contributed by atoms with E-state index in [2.05, 4.69) is 34.0 Å². The number of rotatable bonds is 2. The molecule has 0 spiro atoms. The van der Waals surface area contributed by atoms with Crippen molar-refractivity contribution in [1.29, 1.82) is 0 Å². The first-order valence-corrected chi connectivity index (χ1v) is 9.95. The van der Waals surface area contributed by atoms with Gasteiger partial charge in [0, 0.05) is 50.2 Å². The van der Waals surface area contributed by atoms with Crippen LogP contribution in [0.1, 0.15) is 46.0 Å². The maximum Gasteiger partial charge on any atom is 0.193 e. The number of ether oxygens (including phenoxy) is 1. The summed E-state index contributed by atoms with van der Waals surface area (Å²) in [5, 5.41) is 3.81. The second-order valence-electron chi connectivity index (χ2n) is 8.72. The number of guanidine groups is 1. The third-order valence-corrected chi connectivity index (χ3v) is 6.97. The van der Waals surface area contributed by atoms with Gasteiger partial charge in [-0.3, -0.25) is 9.89 Å². The van der Waals surface area contributed by atoms with Crippen molar-refractivity contribution in [3.63, 3.8) is 0 Å². The van der Waals surface area contributed by atoms with Gasteiger partial charge < -0.3 is 15.0 Å².